The summed E-state index contributed by atoms with van der Waals surface area (Å²) in [5.74, 6) is 0.335. The number of aromatic amines is 1. The van der Waals surface area contributed by atoms with Crippen molar-refractivity contribution >= 4 is 49.8 Å². The summed E-state index contributed by atoms with van der Waals surface area (Å²) >= 11 is 12.2. The highest BCUT2D eigenvalue weighted by Gasteiger charge is 2.21. The number of rotatable bonds is 5. The van der Waals surface area contributed by atoms with Crippen molar-refractivity contribution in [2.75, 3.05) is 11.3 Å². The number of sulfonamides is 1. The third-order valence-corrected chi connectivity index (χ3v) is 5.41. The standard InChI is InChI=1S/C15H13Cl2N3O3S/c1-2-23-14-6-12(17)15(7-11(14)16)24(21,22)20-10-4-3-9-8-18-19-13(9)5-10/h3-8,20H,2H2,1H3,(H,18,19). The van der Waals surface area contributed by atoms with Crippen molar-refractivity contribution in [2.45, 2.75) is 11.8 Å². The van der Waals surface area contributed by atoms with Crippen LogP contribution >= 0.6 is 23.2 Å². The second-order valence-electron chi connectivity index (χ2n) is 4.92. The van der Waals surface area contributed by atoms with Gasteiger partial charge in [-0.25, -0.2) is 8.42 Å². The number of fused-ring (bicyclic) bond motifs is 1. The molecule has 3 rings (SSSR count). The van der Waals surface area contributed by atoms with Gasteiger partial charge in [-0.15, -0.1) is 0 Å². The number of nitrogens with zero attached hydrogens (tertiary/aromatic N) is 1. The molecular formula is C15H13Cl2N3O3S. The molecule has 24 heavy (non-hydrogen) atoms. The van der Waals surface area contributed by atoms with Crippen LogP contribution in [0.2, 0.25) is 10.0 Å². The Bertz CT molecular complexity index is 1000. The minimum absolute atomic E-state index is 0.0259. The van der Waals surface area contributed by atoms with E-state index < -0.39 is 10.0 Å². The lowest BCUT2D eigenvalue weighted by Gasteiger charge is -2.12. The minimum atomic E-state index is -3.91. The van der Waals surface area contributed by atoms with E-state index >= 15 is 0 Å². The Hall–Kier alpha value is -1.96. The van der Waals surface area contributed by atoms with Crippen LogP contribution in [0, 0.1) is 0 Å². The number of hydrogen-bond donors (Lipinski definition) is 2. The maximum Gasteiger partial charge on any atom is 0.263 e. The number of benzene rings is 2. The molecule has 1 aromatic heterocycles. The molecule has 0 saturated heterocycles. The van der Waals surface area contributed by atoms with Gasteiger partial charge in [0.25, 0.3) is 10.0 Å². The zero-order chi connectivity index (χ0) is 17.3. The second-order valence-corrected chi connectivity index (χ2v) is 7.39. The van der Waals surface area contributed by atoms with Crippen molar-refractivity contribution in [1.82, 2.24) is 10.2 Å². The largest absolute Gasteiger partial charge is 0.492 e. The first-order valence-corrected chi connectivity index (χ1v) is 9.22. The third kappa shape index (κ3) is 3.28. The summed E-state index contributed by atoms with van der Waals surface area (Å²) in [5, 5.41) is 7.75. The van der Waals surface area contributed by atoms with E-state index in [1.54, 1.807) is 31.3 Å². The van der Waals surface area contributed by atoms with E-state index in [4.69, 9.17) is 27.9 Å². The Morgan fingerprint density at radius 2 is 2.00 bits per heavy atom. The van der Waals surface area contributed by atoms with Crippen LogP contribution in [0.1, 0.15) is 6.92 Å². The summed E-state index contributed by atoms with van der Waals surface area (Å²) in [6, 6.07) is 7.69. The van der Waals surface area contributed by atoms with E-state index in [0.29, 0.717) is 23.6 Å². The molecule has 0 bridgehead atoms. The number of aromatic nitrogens is 2. The Balaban J connectivity index is 1.96. The quantitative estimate of drug-likeness (QED) is 0.693. The van der Waals surface area contributed by atoms with Gasteiger partial charge in [0.15, 0.2) is 0 Å². The van der Waals surface area contributed by atoms with Crippen LogP contribution < -0.4 is 9.46 Å². The number of nitrogens with one attached hydrogen (secondary N) is 2. The first-order valence-electron chi connectivity index (χ1n) is 6.98. The summed E-state index contributed by atoms with van der Waals surface area (Å²) in [6.07, 6.45) is 1.65. The van der Waals surface area contributed by atoms with Crippen LogP contribution in [-0.2, 0) is 10.0 Å². The number of H-pyrrole nitrogens is 1. The summed E-state index contributed by atoms with van der Waals surface area (Å²) in [7, 11) is -3.91. The van der Waals surface area contributed by atoms with Crippen molar-refractivity contribution in [3.8, 4) is 5.75 Å². The topological polar surface area (TPSA) is 84.1 Å². The molecule has 0 fully saturated rings. The molecule has 0 atom stereocenters. The first kappa shape index (κ1) is 16.9. The van der Waals surface area contributed by atoms with E-state index in [1.807, 2.05) is 0 Å². The van der Waals surface area contributed by atoms with Crippen LogP contribution in [0.15, 0.2) is 41.4 Å². The van der Waals surface area contributed by atoms with Gasteiger partial charge in [-0.1, -0.05) is 23.2 Å². The Kier molecular flexibility index (Phi) is 4.58. The van der Waals surface area contributed by atoms with Gasteiger partial charge in [-0.3, -0.25) is 9.82 Å². The Labute approximate surface area is 148 Å². The molecule has 126 valence electrons. The van der Waals surface area contributed by atoms with Crippen LogP contribution in [-0.4, -0.2) is 25.2 Å². The number of anilines is 1. The maximum atomic E-state index is 12.6. The molecule has 0 spiro atoms. The van der Waals surface area contributed by atoms with Gasteiger partial charge in [-0.05, 0) is 31.2 Å². The SMILES string of the molecule is CCOc1cc(Cl)c(S(=O)(=O)Nc2ccc3cn[nH]c3c2)cc1Cl. The molecule has 0 aliphatic heterocycles. The van der Waals surface area contributed by atoms with Crippen LogP contribution in [0.5, 0.6) is 5.75 Å². The second kappa shape index (κ2) is 6.51. The third-order valence-electron chi connectivity index (χ3n) is 3.27. The highest BCUT2D eigenvalue weighted by atomic mass is 35.5. The molecule has 0 amide bonds. The molecule has 0 aliphatic carbocycles. The molecule has 0 saturated carbocycles. The summed E-state index contributed by atoms with van der Waals surface area (Å²) in [6.45, 7) is 2.19. The van der Waals surface area contributed by atoms with Gasteiger partial charge in [0.05, 0.1) is 34.1 Å². The molecule has 0 aliphatic rings. The van der Waals surface area contributed by atoms with Gasteiger partial charge in [0.1, 0.15) is 10.6 Å². The summed E-state index contributed by atoms with van der Waals surface area (Å²) < 4.78 is 33.0. The zero-order valence-corrected chi connectivity index (χ0v) is 14.8. The van der Waals surface area contributed by atoms with Crippen LogP contribution in [0.25, 0.3) is 10.9 Å². The van der Waals surface area contributed by atoms with Crippen molar-refractivity contribution in [3.63, 3.8) is 0 Å². The monoisotopic (exact) mass is 385 g/mol. The Morgan fingerprint density at radius 1 is 1.21 bits per heavy atom. The molecule has 9 heteroatoms. The summed E-state index contributed by atoms with van der Waals surface area (Å²) in [4.78, 5) is -0.123. The highest BCUT2D eigenvalue weighted by Crippen LogP contribution is 2.34. The van der Waals surface area contributed by atoms with Gasteiger partial charge >= 0.3 is 0 Å². The van der Waals surface area contributed by atoms with Gasteiger partial charge in [0, 0.05) is 11.5 Å². The average Bonchev–Trinajstić information content (AvgIpc) is 2.98. The minimum Gasteiger partial charge on any atom is -0.492 e. The fraction of sp³-hybridized carbons (Fsp3) is 0.133. The Morgan fingerprint density at radius 3 is 2.75 bits per heavy atom. The van der Waals surface area contributed by atoms with Crippen LogP contribution in [0.4, 0.5) is 5.69 Å². The molecule has 2 aromatic carbocycles. The fourth-order valence-corrected chi connectivity index (χ4v) is 4.07. The van der Waals surface area contributed by atoms with Gasteiger partial charge in [0.2, 0.25) is 0 Å². The van der Waals surface area contributed by atoms with E-state index in [-0.39, 0.29) is 14.9 Å². The predicted molar refractivity (Wildman–Crippen MR) is 94.5 cm³/mol. The average molecular weight is 386 g/mol. The number of hydrogen-bond acceptors (Lipinski definition) is 4. The van der Waals surface area contributed by atoms with E-state index in [1.165, 1.54) is 12.1 Å². The van der Waals surface area contributed by atoms with Crippen molar-refractivity contribution < 1.29 is 13.2 Å². The first-order chi connectivity index (χ1) is 11.4. The molecule has 0 unspecified atom stereocenters. The van der Waals surface area contributed by atoms with Crippen LogP contribution in [0.3, 0.4) is 0 Å². The van der Waals surface area contributed by atoms with Crippen molar-refractivity contribution in [1.29, 1.82) is 0 Å². The molecule has 2 N–H and O–H groups in total. The summed E-state index contributed by atoms with van der Waals surface area (Å²) in [5.41, 5.74) is 1.10. The molecular weight excluding hydrogens is 373 g/mol. The lowest BCUT2D eigenvalue weighted by Crippen LogP contribution is -2.13. The molecule has 6 nitrogen and oxygen atoms in total. The lowest BCUT2D eigenvalue weighted by atomic mass is 10.2. The molecule has 3 aromatic rings. The highest BCUT2D eigenvalue weighted by molar-refractivity contribution is 7.92. The number of ether oxygens (including phenoxy) is 1. The number of halogens is 2. The lowest BCUT2D eigenvalue weighted by molar-refractivity contribution is 0.340. The molecule has 0 radical (unpaired) electrons. The smallest absolute Gasteiger partial charge is 0.263 e. The van der Waals surface area contributed by atoms with Gasteiger partial charge < -0.3 is 4.74 Å². The fourth-order valence-electron chi connectivity index (χ4n) is 2.19. The van der Waals surface area contributed by atoms with Crippen molar-refractivity contribution in [2.24, 2.45) is 0 Å². The van der Waals surface area contributed by atoms with E-state index in [0.717, 1.165) is 5.39 Å². The van der Waals surface area contributed by atoms with Crippen molar-refractivity contribution in [3.05, 3.63) is 46.6 Å². The maximum absolute atomic E-state index is 12.6. The predicted octanol–water partition coefficient (Wildman–Crippen LogP) is 4.07. The zero-order valence-electron chi connectivity index (χ0n) is 12.5. The molecule has 1 heterocycles. The normalized spacial score (nSPS) is 11.6. The van der Waals surface area contributed by atoms with Gasteiger partial charge in [-0.2, -0.15) is 5.10 Å². The van der Waals surface area contributed by atoms with E-state index in [2.05, 4.69) is 14.9 Å². The van der Waals surface area contributed by atoms with E-state index in [9.17, 15) is 8.42 Å².